The number of rotatable bonds is 15. The molecule has 0 heterocycles. The van der Waals surface area contributed by atoms with Gasteiger partial charge in [-0.1, -0.05) is 12.1 Å². The van der Waals surface area contributed by atoms with E-state index in [1.54, 1.807) is 0 Å². The summed E-state index contributed by atoms with van der Waals surface area (Å²) >= 11 is 1.52. The molecule has 34 heavy (non-hydrogen) atoms. The fourth-order valence-corrected chi connectivity index (χ4v) is 3.30. The Hall–Kier alpha value is -3.32. The molecule has 4 amide bonds. The van der Waals surface area contributed by atoms with E-state index in [1.165, 1.54) is 36.0 Å². The first-order valence-corrected chi connectivity index (χ1v) is 11.8. The lowest BCUT2D eigenvalue weighted by Gasteiger charge is -2.21. The van der Waals surface area contributed by atoms with Crippen LogP contribution in [0.5, 0.6) is 5.75 Å². The molecule has 9 N–H and O–H groups in total. The first kappa shape index (κ1) is 28.7. The molecule has 13 heteroatoms. The van der Waals surface area contributed by atoms with Crippen LogP contribution in [0.1, 0.15) is 24.8 Å². The van der Waals surface area contributed by atoms with E-state index in [-0.39, 0.29) is 25.0 Å². The fraction of sp³-hybridized carbons (Fsp3) is 0.476. The lowest BCUT2D eigenvalue weighted by atomic mass is 10.0. The van der Waals surface area contributed by atoms with E-state index in [9.17, 15) is 34.2 Å². The largest absolute Gasteiger partial charge is 0.508 e. The number of thioether (sulfide) groups is 1. The van der Waals surface area contributed by atoms with Crippen molar-refractivity contribution in [1.29, 1.82) is 0 Å². The minimum atomic E-state index is -1.33. The highest BCUT2D eigenvalue weighted by molar-refractivity contribution is 7.98. The molecule has 1 aromatic rings. The highest BCUT2D eigenvalue weighted by Crippen LogP contribution is 2.12. The monoisotopic (exact) mass is 497 g/mol. The van der Waals surface area contributed by atoms with Crippen LogP contribution in [0.2, 0.25) is 0 Å². The first-order chi connectivity index (χ1) is 16.0. The number of nitrogens with two attached hydrogens (primary N) is 2. The summed E-state index contributed by atoms with van der Waals surface area (Å²) in [5.74, 6) is -3.42. The Morgan fingerprint density at radius 3 is 2.21 bits per heavy atom. The maximum atomic E-state index is 12.7. The number of nitrogens with one attached hydrogen (secondary N) is 3. The number of amides is 4. The van der Waals surface area contributed by atoms with Crippen LogP contribution in [0.15, 0.2) is 24.3 Å². The second-order valence-electron chi connectivity index (χ2n) is 7.50. The average molecular weight is 498 g/mol. The van der Waals surface area contributed by atoms with Gasteiger partial charge in [0.2, 0.25) is 23.6 Å². The Kier molecular flexibility index (Phi) is 12.5. The molecule has 0 aliphatic heterocycles. The van der Waals surface area contributed by atoms with Crippen LogP contribution in [-0.4, -0.2) is 76.5 Å². The van der Waals surface area contributed by atoms with Crippen molar-refractivity contribution in [2.24, 2.45) is 11.5 Å². The molecule has 0 aliphatic rings. The predicted octanol–water partition coefficient (Wildman–Crippen LogP) is -1.55. The van der Waals surface area contributed by atoms with Gasteiger partial charge in [-0.05, 0) is 42.5 Å². The van der Waals surface area contributed by atoms with Gasteiger partial charge in [0.25, 0.3) is 0 Å². The van der Waals surface area contributed by atoms with Gasteiger partial charge in [0, 0.05) is 12.8 Å². The van der Waals surface area contributed by atoms with Crippen LogP contribution in [0.25, 0.3) is 0 Å². The lowest BCUT2D eigenvalue weighted by Crippen LogP contribution is -2.54. The van der Waals surface area contributed by atoms with Gasteiger partial charge in [0.1, 0.15) is 17.8 Å². The maximum Gasteiger partial charge on any atom is 0.326 e. The zero-order chi connectivity index (χ0) is 25.7. The van der Waals surface area contributed by atoms with E-state index < -0.39 is 54.3 Å². The van der Waals surface area contributed by atoms with E-state index in [4.69, 9.17) is 11.5 Å². The molecule has 1 aromatic carbocycles. The van der Waals surface area contributed by atoms with Gasteiger partial charge in [-0.15, -0.1) is 0 Å². The number of carbonyl (C=O) groups is 5. The van der Waals surface area contributed by atoms with Gasteiger partial charge >= 0.3 is 5.97 Å². The van der Waals surface area contributed by atoms with Crippen LogP contribution in [0.3, 0.4) is 0 Å². The van der Waals surface area contributed by atoms with E-state index in [2.05, 4.69) is 16.0 Å². The molecular formula is C21H31N5O7S. The molecule has 3 atom stereocenters. The maximum absolute atomic E-state index is 12.7. The summed E-state index contributed by atoms with van der Waals surface area (Å²) in [6.45, 7) is -0.456. The minimum Gasteiger partial charge on any atom is -0.508 e. The number of benzene rings is 1. The van der Waals surface area contributed by atoms with Crippen molar-refractivity contribution in [1.82, 2.24) is 16.0 Å². The molecule has 0 radical (unpaired) electrons. The van der Waals surface area contributed by atoms with Crippen molar-refractivity contribution in [2.75, 3.05) is 18.6 Å². The number of aliphatic carboxylic acids is 1. The summed E-state index contributed by atoms with van der Waals surface area (Å²) in [5.41, 5.74) is 11.4. The number of aromatic hydroxyl groups is 1. The first-order valence-electron chi connectivity index (χ1n) is 10.4. The van der Waals surface area contributed by atoms with Crippen molar-refractivity contribution in [3.8, 4) is 5.75 Å². The van der Waals surface area contributed by atoms with Gasteiger partial charge < -0.3 is 37.6 Å². The van der Waals surface area contributed by atoms with Gasteiger partial charge in [0.05, 0.1) is 12.6 Å². The Bertz CT molecular complexity index is 866. The smallest absolute Gasteiger partial charge is 0.326 e. The van der Waals surface area contributed by atoms with Crippen molar-refractivity contribution in [2.45, 2.75) is 43.8 Å². The molecule has 3 unspecified atom stereocenters. The molecule has 1 rings (SSSR count). The quantitative estimate of drug-likeness (QED) is 0.149. The lowest BCUT2D eigenvalue weighted by molar-refractivity contribution is -0.142. The number of hydrogen-bond acceptors (Lipinski definition) is 8. The molecule has 0 fully saturated rings. The average Bonchev–Trinajstić information content (AvgIpc) is 2.79. The zero-order valence-electron chi connectivity index (χ0n) is 18.8. The third-order valence-electron chi connectivity index (χ3n) is 4.71. The van der Waals surface area contributed by atoms with Crippen molar-refractivity contribution in [3.63, 3.8) is 0 Å². The highest BCUT2D eigenvalue weighted by atomic mass is 32.2. The summed E-state index contributed by atoms with van der Waals surface area (Å²) in [5, 5.41) is 25.9. The molecule has 12 nitrogen and oxygen atoms in total. The standard InChI is InChI=1S/C21H31N5O7S/c1-34-9-8-14(22)19(30)24-11-18(29)25-15(6-7-17(23)28)20(31)26-16(21(32)33)10-12-2-4-13(27)5-3-12/h2-5,14-16,27H,6-11,22H2,1H3,(H2,23,28)(H,24,30)(H,25,29)(H,26,31)(H,32,33). The van der Waals surface area contributed by atoms with Crippen LogP contribution < -0.4 is 27.4 Å². The number of carbonyl (C=O) groups excluding carboxylic acids is 4. The van der Waals surface area contributed by atoms with Crippen LogP contribution in [0, 0.1) is 0 Å². The topological polar surface area (TPSA) is 214 Å². The summed E-state index contributed by atoms with van der Waals surface area (Å²) < 4.78 is 0. The summed E-state index contributed by atoms with van der Waals surface area (Å²) in [4.78, 5) is 59.8. The van der Waals surface area contributed by atoms with Crippen LogP contribution in [0.4, 0.5) is 0 Å². The Morgan fingerprint density at radius 2 is 1.65 bits per heavy atom. The van der Waals surface area contributed by atoms with Gasteiger partial charge in [-0.2, -0.15) is 11.8 Å². The summed E-state index contributed by atoms with van der Waals surface area (Å²) in [6.07, 6.45) is 1.81. The molecule has 0 spiro atoms. The van der Waals surface area contributed by atoms with Crippen molar-refractivity contribution >= 4 is 41.4 Å². The van der Waals surface area contributed by atoms with Crippen LogP contribution in [-0.2, 0) is 30.4 Å². The number of phenols is 1. The van der Waals surface area contributed by atoms with Crippen molar-refractivity contribution in [3.05, 3.63) is 29.8 Å². The molecule has 0 saturated carbocycles. The Morgan fingerprint density at radius 1 is 1.00 bits per heavy atom. The molecular weight excluding hydrogens is 466 g/mol. The summed E-state index contributed by atoms with van der Waals surface area (Å²) in [7, 11) is 0. The van der Waals surface area contributed by atoms with E-state index >= 15 is 0 Å². The molecule has 0 aliphatic carbocycles. The highest BCUT2D eigenvalue weighted by Gasteiger charge is 2.27. The molecule has 0 bridgehead atoms. The van der Waals surface area contributed by atoms with E-state index in [1.807, 2.05) is 6.26 Å². The van der Waals surface area contributed by atoms with Crippen LogP contribution >= 0.6 is 11.8 Å². The number of hydrogen-bond donors (Lipinski definition) is 7. The predicted molar refractivity (Wildman–Crippen MR) is 126 cm³/mol. The molecule has 188 valence electrons. The number of carboxylic acid groups (broad SMARTS) is 1. The molecule has 0 aromatic heterocycles. The van der Waals surface area contributed by atoms with E-state index in [0.29, 0.717) is 17.7 Å². The summed E-state index contributed by atoms with van der Waals surface area (Å²) in [6, 6.07) is 2.40. The fourth-order valence-electron chi connectivity index (χ4n) is 2.82. The normalized spacial score (nSPS) is 13.2. The Balaban J connectivity index is 2.77. The zero-order valence-corrected chi connectivity index (χ0v) is 19.6. The third kappa shape index (κ3) is 11.0. The Labute approximate surface area is 201 Å². The second kappa shape index (κ2) is 14.8. The number of phenolic OH excluding ortho intramolecular Hbond substituents is 1. The van der Waals surface area contributed by atoms with Gasteiger partial charge in [-0.3, -0.25) is 19.2 Å². The SMILES string of the molecule is CSCCC(N)C(=O)NCC(=O)NC(CCC(N)=O)C(=O)NC(Cc1ccc(O)cc1)C(=O)O. The number of carboxylic acids is 1. The number of primary amides is 1. The minimum absolute atomic E-state index is 0.00573. The third-order valence-corrected chi connectivity index (χ3v) is 5.36. The van der Waals surface area contributed by atoms with E-state index in [0.717, 1.165) is 0 Å². The second-order valence-corrected chi connectivity index (χ2v) is 8.49. The van der Waals surface area contributed by atoms with Gasteiger partial charge in [-0.25, -0.2) is 4.79 Å². The van der Waals surface area contributed by atoms with Crippen molar-refractivity contribution < 1.29 is 34.2 Å². The van der Waals surface area contributed by atoms with Gasteiger partial charge in [0.15, 0.2) is 0 Å². The molecule has 0 saturated heterocycles.